The molecule has 174 valence electrons. The zero-order chi connectivity index (χ0) is 23.4. The minimum atomic E-state index is -0.524. The van der Waals surface area contributed by atoms with Crippen molar-refractivity contribution < 1.29 is 23.5 Å². The molecule has 2 atom stereocenters. The van der Waals surface area contributed by atoms with Crippen LogP contribution in [0.3, 0.4) is 0 Å². The van der Waals surface area contributed by atoms with Crippen molar-refractivity contribution in [2.45, 2.75) is 49.4 Å². The monoisotopic (exact) mass is 471 g/mol. The number of ether oxygens (including phenoxy) is 2. The second-order valence-electron chi connectivity index (χ2n) is 7.73. The molecule has 1 fully saturated rings. The van der Waals surface area contributed by atoms with Crippen LogP contribution in [-0.2, 0) is 27.4 Å². The number of amides is 1. The van der Waals surface area contributed by atoms with Crippen LogP contribution in [-0.4, -0.2) is 46.5 Å². The van der Waals surface area contributed by atoms with Gasteiger partial charge in [-0.15, -0.1) is 0 Å². The van der Waals surface area contributed by atoms with E-state index in [9.17, 15) is 14.4 Å². The Labute approximate surface area is 194 Å². The van der Waals surface area contributed by atoms with E-state index < -0.39 is 11.2 Å². The number of aromatic nitrogens is 2. The summed E-state index contributed by atoms with van der Waals surface area (Å²) in [5, 5.41) is 3.09. The van der Waals surface area contributed by atoms with Crippen molar-refractivity contribution in [2.24, 2.45) is 0 Å². The van der Waals surface area contributed by atoms with Gasteiger partial charge in [0.1, 0.15) is 5.76 Å². The Morgan fingerprint density at radius 3 is 2.91 bits per heavy atom. The lowest BCUT2D eigenvalue weighted by Crippen LogP contribution is -2.33. The highest BCUT2D eigenvalue weighted by atomic mass is 32.2. The Morgan fingerprint density at radius 2 is 2.21 bits per heavy atom. The van der Waals surface area contributed by atoms with Crippen molar-refractivity contribution in [3.8, 4) is 0 Å². The fourth-order valence-corrected chi connectivity index (χ4v) is 4.57. The minimum Gasteiger partial charge on any atom is -0.467 e. The van der Waals surface area contributed by atoms with Crippen LogP contribution in [0.1, 0.15) is 35.9 Å². The number of furan rings is 1. The highest BCUT2D eigenvalue weighted by Gasteiger charge is 2.23. The van der Waals surface area contributed by atoms with E-state index in [1.54, 1.807) is 42.0 Å². The fourth-order valence-electron chi connectivity index (χ4n) is 3.63. The summed E-state index contributed by atoms with van der Waals surface area (Å²) in [6.45, 7) is 3.04. The number of hydrogen-bond acceptors (Lipinski definition) is 8. The van der Waals surface area contributed by atoms with Crippen molar-refractivity contribution in [3.63, 3.8) is 0 Å². The molecule has 10 heteroatoms. The van der Waals surface area contributed by atoms with Gasteiger partial charge in [-0.05, 0) is 50.1 Å². The molecule has 1 aromatic carbocycles. The van der Waals surface area contributed by atoms with E-state index in [2.05, 4.69) is 10.3 Å². The van der Waals surface area contributed by atoms with Crippen LogP contribution >= 0.6 is 11.8 Å². The fraction of sp³-hybridized carbons (Fsp3) is 0.391. The van der Waals surface area contributed by atoms with E-state index in [0.717, 1.165) is 12.8 Å². The van der Waals surface area contributed by atoms with Crippen LogP contribution in [0.2, 0.25) is 0 Å². The quantitative estimate of drug-likeness (QED) is 0.303. The summed E-state index contributed by atoms with van der Waals surface area (Å²) in [7, 11) is 1.30. The molecule has 0 bridgehead atoms. The van der Waals surface area contributed by atoms with Crippen LogP contribution in [0.5, 0.6) is 0 Å². The number of hydrogen-bond donors (Lipinski definition) is 1. The Hall–Kier alpha value is -3.11. The number of esters is 1. The number of benzene rings is 1. The molecule has 2 aromatic heterocycles. The van der Waals surface area contributed by atoms with Crippen LogP contribution in [0.25, 0.3) is 10.9 Å². The van der Waals surface area contributed by atoms with E-state index in [4.69, 9.17) is 13.9 Å². The number of carbonyl (C=O) groups excluding carboxylic acids is 2. The highest BCUT2D eigenvalue weighted by Crippen LogP contribution is 2.25. The lowest BCUT2D eigenvalue weighted by molar-refractivity contribution is -0.120. The Balaban J connectivity index is 1.64. The minimum absolute atomic E-state index is 0.0845. The zero-order valence-corrected chi connectivity index (χ0v) is 19.2. The van der Waals surface area contributed by atoms with Gasteiger partial charge in [-0.2, -0.15) is 0 Å². The first-order valence-corrected chi connectivity index (χ1v) is 11.6. The van der Waals surface area contributed by atoms with E-state index in [1.165, 1.54) is 24.9 Å². The maximum Gasteiger partial charge on any atom is 0.337 e. The third-order valence-corrected chi connectivity index (χ3v) is 6.51. The number of nitrogens with zero attached hydrogens (tertiary/aromatic N) is 2. The first-order valence-electron chi connectivity index (χ1n) is 10.7. The molecule has 4 rings (SSSR count). The van der Waals surface area contributed by atoms with E-state index in [1.807, 2.05) is 0 Å². The van der Waals surface area contributed by atoms with E-state index >= 15 is 0 Å². The number of fused-ring (bicyclic) bond motifs is 1. The van der Waals surface area contributed by atoms with Crippen molar-refractivity contribution in [1.82, 2.24) is 14.9 Å². The molecule has 3 heterocycles. The Bertz CT molecular complexity index is 1200. The lowest BCUT2D eigenvalue weighted by atomic mass is 10.1. The van der Waals surface area contributed by atoms with Crippen LogP contribution in [0.4, 0.5) is 0 Å². The van der Waals surface area contributed by atoms with Gasteiger partial charge in [-0.25, -0.2) is 9.78 Å². The normalized spacial score (nSPS) is 16.6. The van der Waals surface area contributed by atoms with Crippen molar-refractivity contribution in [2.75, 3.05) is 13.7 Å². The van der Waals surface area contributed by atoms with Gasteiger partial charge < -0.3 is 19.2 Å². The molecular weight excluding hydrogens is 446 g/mol. The number of rotatable bonds is 8. The second-order valence-corrected chi connectivity index (χ2v) is 9.03. The van der Waals surface area contributed by atoms with Crippen molar-refractivity contribution >= 4 is 34.5 Å². The van der Waals surface area contributed by atoms with Crippen LogP contribution in [0.15, 0.2) is 51.0 Å². The average molecular weight is 472 g/mol. The van der Waals surface area contributed by atoms with Crippen LogP contribution in [0, 0.1) is 0 Å². The molecule has 2 unspecified atom stereocenters. The largest absolute Gasteiger partial charge is 0.467 e. The molecule has 0 saturated carbocycles. The summed E-state index contributed by atoms with van der Waals surface area (Å²) in [4.78, 5) is 42.6. The Morgan fingerprint density at radius 1 is 1.36 bits per heavy atom. The molecule has 1 N–H and O–H groups in total. The summed E-state index contributed by atoms with van der Waals surface area (Å²) in [6, 6.07) is 8.19. The first-order chi connectivity index (χ1) is 16.0. The topological polar surface area (TPSA) is 113 Å². The molecule has 1 aliphatic heterocycles. The number of nitrogens with one attached hydrogen (secondary N) is 1. The van der Waals surface area contributed by atoms with Gasteiger partial charge >= 0.3 is 5.97 Å². The van der Waals surface area contributed by atoms with Gasteiger partial charge in [0.2, 0.25) is 5.91 Å². The summed E-state index contributed by atoms with van der Waals surface area (Å²) in [6.07, 6.45) is 3.26. The SMILES string of the molecule is COC(=O)c1ccc2c(=O)n(CC3CCCO3)c(SC(C)C(=O)NCc3ccco3)nc2c1. The van der Waals surface area contributed by atoms with Crippen molar-refractivity contribution in [1.29, 1.82) is 0 Å². The molecule has 1 saturated heterocycles. The average Bonchev–Trinajstić information content (AvgIpc) is 3.53. The maximum atomic E-state index is 13.3. The highest BCUT2D eigenvalue weighted by molar-refractivity contribution is 8.00. The standard InChI is InChI=1S/C23H25N3O6S/c1-14(20(27)24-12-16-5-3-9-31-16)33-23-25-19-11-15(22(29)30-2)7-8-18(19)21(28)26(23)13-17-6-4-10-32-17/h3,5,7-9,11,14,17H,4,6,10,12-13H2,1-2H3,(H,24,27). The number of methoxy groups -OCH3 is 1. The molecular formula is C23H25N3O6S. The molecule has 3 aromatic rings. The van der Waals surface area contributed by atoms with Gasteiger partial charge in [0, 0.05) is 6.61 Å². The first kappa shape index (κ1) is 23.1. The smallest absolute Gasteiger partial charge is 0.337 e. The molecule has 9 nitrogen and oxygen atoms in total. The van der Waals surface area contributed by atoms with Gasteiger partial charge in [0.25, 0.3) is 5.56 Å². The molecule has 0 aliphatic carbocycles. The number of carbonyl (C=O) groups is 2. The summed E-state index contributed by atoms with van der Waals surface area (Å²) < 4.78 is 17.3. The van der Waals surface area contributed by atoms with Gasteiger partial charge in [0.15, 0.2) is 5.16 Å². The summed E-state index contributed by atoms with van der Waals surface area (Å²) >= 11 is 1.19. The molecule has 33 heavy (non-hydrogen) atoms. The lowest BCUT2D eigenvalue weighted by Gasteiger charge is -2.18. The van der Waals surface area contributed by atoms with E-state index in [-0.39, 0.29) is 24.1 Å². The van der Waals surface area contributed by atoms with Gasteiger partial charge in [-0.3, -0.25) is 14.2 Å². The van der Waals surface area contributed by atoms with Gasteiger partial charge in [-0.1, -0.05) is 11.8 Å². The van der Waals surface area contributed by atoms with Crippen molar-refractivity contribution in [3.05, 3.63) is 58.3 Å². The number of thioether (sulfide) groups is 1. The zero-order valence-electron chi connectivity index (χ0n) is 18.4. The molecule has 1 amide bonds. The maximum absolute atomic E-state index is 13.3. The van der Waals surface area contributed by atoms with Gasteiger partial charge in [0.05, 0.1) is 54.3 Å². The molecule has 1 aliphatic rings. The Kier molecular flexibility index (Phi) is 7.14. The van der Waals surface area contributed by atoms with E-state index in [0.29, 0.717) is 40.5 Å². The third-order valence-electron chi connectivity index (χ3n) is 5.42. The molecule has 0 radical (unpaired) electrons. The second kappa shape index (κ2) is 10.2. The summed E-state index contributed by atoms with van der Waals surface area (Å²) in [5.41, 5.74) is 0.434. The molecule has 0 spiro atoms. The predicted octanol–water partition coefficient (Wildman–Crippen LogP) is 2.75. The predicted molar refractivity (Wildman–Crippen MR) is 122 cm³/mol. The summed E-state index contributed by atoms with van der Waals surface area (Å²) in [5.74, 6) is -0.0742. The third kappa shape index (κ3) is 5.28. The van der Waals surface area contributed by atoms with Crippen LogP contribution < -0.4 is 10.9 Å².